The normalized spacial score (nSPS) is 10.9. The van der Waals surface area contributed by atoms with Crippen LogP contribution in [0.15, 0.2) is 23.0 Å². The van der Waals surface area contributed by atoms with Crippen molar-refractivity contribution in [3.63, 3.8) is 0 Å². The minimum Gasteiger partial charge on any atom is -0.496 e. The molecule has 0 saturated heterocycles. The molecule has 1 N–H and O–H groups in total. The van der Waals surface area contributed by atoms with Crippen molar-refractivity contribution >= 4 is 0 Å². The number of rotatable bonds is 3. The van der Waals surface area contributed by atoms with E-state index >= 15 is 0 Å². The van der Waals surface area contributed by atoms with Gasteiger partial charge in [-0.3, -0.25) is 4.79 Å². The number of hydrogen-bond donors (Lipinski definition) is 1. The summed E-state index contributed by atoms with van der Waals surface area (Å²) in [6.45, 7) is 8.04. The Morgan fingerprint density at radius 1 is 1.25 bits per heavy atom. The molecule has 4 nitrogen and oxygen atoms in total. The lowest BCUT2D eigenvalue weighted by Gasteiger charge is -2.14. The van der Waals surface area contributed by atoms with E-state index in [1.165, 1.54) is 6.07 Å². The summed E-state index contributed by atoms with van der Waals surface area (Å²) in [5.74, 6) is 1.63. The average Bonchev–Trinajstić information content (AvgIpc) is 2.40. The van der Waals surface area contributed by atoms with E-state index in [9.17, 15) is 4.79 Å². The summed E-state index contributed by atoms with van der Waals surface area (Å²) in [5, 5.41) is 0. The van der Waals surface area contributed by atoms with Gasteiger partial charge in [-0.1, -0.05) is 19.9 Å². The van der Waals surface area contributed by atoms with Crippen LogP contribution in [0.2, 0.25) is 0 Å². The number of nitrogens with zero attached hydrogens (tertiary/aromatic N) is 1. The maximum Gasteiger partial charge on any atom is 0.251 e. The predicted octanol–water partition coefficient (Wildman–Crippen LogP) is 3.19. The highest BCUT2D eigenvalue weighted by molar-refractivity contribution is 5.70. The van der Waals surface area contributed by atoms with Crippen LogP contribution < -0.4 is 10.3 Å². The molecule has 0 spiro atoms. The molecule has 0 unspecified atom stereocenters. The molecular formula is C16H20N2O2. The highest BCUT2D eigenvalue weighted by atomic mass is 16.5. The maximum absolute atomic E-state index is 11.8. The van der Waals surface area contributed by atoms with Gasteiger partial charge in [0, 0.05) is 17.5 Å². The Morgan fingerprint density at radius 2 is 1.95 bits per heavy atom. The minimum atomic E-state index is -0.140. The first-order valence-corrected chi connectivity index (χ1v) is 6.70. The number of methoxy groups -OCH3 is 1. The zero-order chi connectivity index (χ0) is 14.9. The molecule has 1 aromatic heterocycles. The van der Waals surface area contributed by atoms with E-state index in [0.717, 1.165) is 22.4 Å². The zero-order valence-electron chi connectivity index (χ0n) is 12.6. The highest BCUT2D eigenvalue weighted by Crippen LogP contribution is 2.33. The molecule has 0 atom stereocenters. The molecule has 0 bridgehead atoms. The molecule has 0 amide bonds. The van der Waals surface area contributed by atoms with Gasteiger partial charge in [-0.2, -0.15) is 0 Å². The number of H-pyrrole nitrogens is 1. The van der Waals surface area contributed by atoms with Crippen molar-refractivity contribution in [1.29, 1.82) is 0 Å². The van der Waals surface area contributed by atoms with Crippen LogP contribution in [0.4, 0.5) is 0 Å². The van der Waals surface area contributed by atoms with Crippen LogP contribution in [0.5, 0.6) is 5.75 Å². The molecule has 4 heteroatoms. The fourth-order valence-electron chi connectivity index (χ4n) is 2.14. The standard InChI is InChI=1S/C16H20N2O2/c1-9(2)16-17-13(8-14(19)18-16)12-7-6-10(3)11(4)15(12)20-5/h6-9H,1-5H3,(H,17,18,19). The van der Waals surface area contributed by atoms with Crippen molar-refractivity contribution in [2.75, 3.05) is 7.11 Å². The first kappa shape index (κ1) is 14.3. The molecule has 0 saturated carbocycles. The summed E-state index contributed by atoms with van der Waals surface area (Å²) in [6.07, 6.45) is 0. The molecule has 0 aliphatic heterocycles. The van der Waals surface area contributed by atoms with E-state index < -0.39 is 0 Å². The van der Waals surface area contributed by atoms with Crippen molar-refractivity contribution in [3.8, 4) is 17.0 Å². The molecule has 0 aliphatic carbocycles. The average molecular weight is 272 g/mol. The summed E-state index contributed by atoms with van der Waals surface area (Å²) in [5.41, 5.74) is 3.58. The van der Waals surface area contributed by atoms with Crippen LogP contribution in [-0.2, 0) is 0 Å². The number of aromatic amines is 1. The lowest BCUT2D eigenvalue weighted by Crippen LogP contribution is -2.12. The van der Waals surface area contributed by atoms with E-state index in [-0.39, 0.29) is 11.5 Å². The van der Waals surface area contributed by atoms with Crippen molar-refractivity contribution < 1.29 is 4.74 Å². The van der Waals surface area contributed by atoms with Crippen molar-refractivity contribution in [2.45, 2.75) is 33.6 Å². The van der Waals surface area contributed by atoms with Gasteiger partial charge in [0.05, 0.1) is 12.8 Å². The van der Waals surface area contributed by atoms with Crippen LogP contribution in [0.1, 0.15) is 36.7 Å². The molecule has 2 aromatic rings. The van der Waals surface area contributed by atoms with E-state index in [1.807, 2.05) is 39.8 Å². The second kappa shape index (κ2) is 5.49. The first-order chi connectivity index (χ1) is 9.43. The molecule has 2 rings (SSSR count). The van der Waals surface area contributed by atoms with E-state index in [2.05, 4.69) is 9.97 Å². The summed E-state index contributed by atoms with van der Waals surface area (Å²) in [4.78, 5) is 19.1. The maximum atomic E-state index is 11.8. The largest absolute Gasteiger partial charge is 0.496 e. The number of nitrogens with one attached hydrogen (secondary N) is 1. The zero-order valence-corrected chi connectivity index (χ0v) is 12.6. The predicted molar refractivity (Wildman–Crippen MR) is 80.4 cm³/mol. The van der Waals surface area contributed by atoms with Crippen molar-refractivity contribution in [1.82, 2.24) is 9.97 Å². The van der Waals surface area contributed by atoms with E-state index in [4.69, 9.17) is 4.74 Å². The number of hydrogen-bond acceptors (Lipinski definition) is 3. The summed E-state index contributed by atoms with van der Waals surface area (Å²) in [7, 11) is 1.64. The van der Waals surface area contributed by atoms with Gasteiger partial charge in [-0.25, -0.2) is 4.98 Å². The third-order valence-corrected chi connectivity index (χ3v) is 3.46. The Kier molecular flexibility index (Phi) is 3.93. The van der Waals surface area contributed by atoms with Gasteiger partial charge in [0.2, 0.25) is 0 Å². The third kappa shape index (κ3) is 2.59. The van der Waals surface area contributed by atoms with Gasteiger partial charge in [0.25, 0.3) is 5.56 Å². The van der Waals surface area contributed by atoms with Gasteiger partial charge in [0.1, 0.15) is 11.6 Å². The topological polar surface area (TPSA) is 55.0 Å². The number of aryl methyl sites for hydroxylation is 1. The van der Waals surface area contributed by atoms with E-state index in [1.54, 1.807) is 7.11 Å². The quantitative estimate of drug-likeness (QED) is 0.933. The number of benzene rings is 1. The van der Waals surface area contributed by atoms with Gasteiger partial charge in [0.15, 0.2) is 0 Å². The lowest BCUT2D eigenvalue weighted by atomic mass is 10.0. The Morgan fingerprint density at radius 3 is 2.55 bits per heavy atom. The summed E-state index contributed by atoms with van der Waals surface area (Å²) >= 11 is 0. The highest BCUT2D eigenvalue weighted by Gasteiger charge is 2.14. The monoisotopic (exact) mass is 272 g/mol. The fraction of sp³-hybridized carbons (Fsp3) is 0.375. The van der Waals surface area contributed by atoms with Crippen LogP contribution in [0.25, 0.3) is 11.3 Å². The molecule has 0 aliphatic rings. The molecule has 1 aromatic carbocycles. The molecule has 1 heterocycles. The van der Waals surface area contributed by atoms with Gasteiger partial charge >= 0.3 is 0 Å². The Balaban J connectivity index is 2.68. The summed E-state index contributed by atoms with van der Waals surface area (Å²) in [6, 6.07) is 5.48. The molecule has 0 fully saturated rings. The minimum absolute atomic E-state index is 0.140. The second-order valence-electron chi connectivity index (χ2n) is 5.26. The molecule has 106 valence electrons. The van der Waals surface area contributed by atoms with Gasteiger partial charge in [-0.05, 0) is 31.0 Å². The second-order valence-corrected chi connectivity index (χ2v) is 5.26. The Hall–Kier alpha value is -2.10. The number of aromatic nitrogens is 2. The fourth-order valence-corrected chi connectivity index (χ4v) is 2.14. The first-order valence-electron chi connectivity index (χ1n) is 6.70. The molecule has 20 heavy (non-hydrogen) atoms. The van der Waals surface area contributed by atoms with Gasteiger partial charge in [-0.15, -0.1) is 0 Å². The van der Waals surface area contributed by atoms with E-state index in [0.29, 0.717) is 11.5 Å². The van der Waals surface area contributed by atoms with Crippen LogP contribution in [0.3, 0.4) is 0 Å². The summed E-state index contributed by atoms with van der Waals surface area (Å²) < 4.78 is 5.50. The van der Waals surface area contributed by atoms with Crippen molar-refractivity contribution in [3.05, 3.63) is 45.5 Å². The van der Waals surface area contributed by atoms with Gasteiger partial charge < -0.3 is 9.72 Å². The van der Waals surface area contributed by atoms with Crippen molar-refractivity contribution in [2.24, 2.45) is 0 Å². The SMILES string of the molecule is COc1c(-c2cc(=O)[nH]c(C(C)C)n2)ccc(C)c1C. The smallest absolute Gasteiger partial charge is 0.251 e. The Labute approximate surface area is 118 Å². The van der Waals surface area contributed by atoms with Crippen LogP contribution in [-0.4, -0.2) is 17.1 Å². The number of ether oxygens (including phenoxy) is 1. The van der Waals surface area contributed by atoms with Crippen LogP contribution >= 0.6 is 0 Å². The molecular weight excluding hydrogens is 252 g/mol. The van der Waals surface area contributed by atoms with Crippen LogP contribution in [0, 0.1) is 13.8 Å². The molecule has 0 radical (unpaired) electrons. The lowest BCUT2D eigenvalue weighted by molar-refractivity contribution is 0.413. The third-order valence-electron chi connectivity index (χ3n) is 3.46. The Bertz CT molecular complexity index is 687.